The maximum Gasteiger partial charge on any atom is 0.337 e. The van der Waals surface area contributed by atoms with E-state index in [1.165, 1.54) is 18.3 Å². The van der Waals surface area contributed by atoms with Gasteiger partial charge < -0.3 is 15.7 Å². The highest BCUT2D eigenvalue weighted by molar-refractivity contribution is 7.82. The largest absolute Gasteiger partial charge is 0.478 e. The first-order valence-corrected chi connectivity index (χ1v) is 9.35. The number of anilines is 3. The third kappa shape index (κ3) is 4.61. The number of urea groups is 1. The second-order valence-electron chi connectivity index (χ2n) is 5.66. The molecule has 2 aromatic heterocycles. The quantitative estimate of drug-likeness (QED) is 0.429. The van der Waals surface area contributed by atoms with Crippen LogP contribution in [0.25, 0.3) is 11.2 Å². The molecule has 0 bridgehead atoms. The number of carbonyl (C=O) groups excluding carboxylic acids is 1. The molecule has 0 aliphatic rings. The molecule has 2 amide bonds. The van der Waals surface area contributed by atoms with Crippen LogP contribution in [0.4, 0.5) is 22.1 Å². The molecule has 0 radical (unpaired) electrons. The second kappa shape index (κ2) is 8.68. The molecule has 0 aliphatic heterocycles. The van der Waals surface area contributed by atoms with Crippen LogP contribution in [0.5, 0.6) is 0 Å². The summed E-state index contributed by atoms with van der Waals surface area (Å²) >= 11 is 16.3. The molecule has 1 aromatic carbocycles. The molecule has 2 heterocycles. The van der Waals surface area contributed by atoms with E-state index in [0.717, 1.165) is 4.31 Å². The summed E-state index contributed by atoms with van der Waals surface area (Å²) in [5, 5.41) is 14.9. The standard InChI is InChI=1S/C17H14Cl2N6O3S/c1-2-20-17(28)25(29)13-4-3-10-15(24-13)23-12(7-21-10)22-11-6-8(18)5-9(14(11)19)16(26)27/h3-7,29H,2H2,1H3,(H,20,28)(H,26,27)(H,22,23,24). The van der Waals surface area contributed by atoms with Gasteiger partial charge in [-0.15, -0.1) is 0 Å². The number of thiol groups is 1. The van der Waals surface area contributed by atoms with Crippen LogP contribution in [-0.2, 0) is 0 Å². The average Bonchev–Trinajstić information content (AvgIpc) is 2.69. The highest BCUT2D eigenvalue weighted by Crippen LogP contribution is 2.32. The number of halogens is 2. The van der Waals surface area contributed by atoms with Gasteiger partial charge >= 0.3 is 12.0 Å². The number of hydrogen-bond acceptors (Lipinski definition) is 7. The maximum absolute atomic E-state index is 11.9. The van der Waals surface area contributed by atoms with Crippen molar-refractivity contribution in [2.75, 3.05) is 16.2 Å². The van der Waals surface area contributed by atoms with Crippen LogP contribution in [0.3, 0.4) is 0 Å². The van der Waals surface area contributed by atoms with E-state index >= 15 is 0 Å². The number of fused-ring (bicyclic) bond motifs is 1. The zero-order valence-corrected chi connectivity index (χ0v) is 17.3. The van der Waals surface area contributed by atoms with Gasteiger partial charge in [0.25, 0.3) is 0 Å². The van der Waals surface area contributed by atoms with Gasteiger partial charge in [0.1, 0.15) is 11.3 Å². The van der Waals surface area contributed by atoms with Gasteiger partial charge in [-0.3, -0.25) is 0 Å². The minimum absolute atomic E-state index is 0.0247. The van der Waals surface area contributed by atoms with Crippen LogP contribution in [-0.4, -0.2) is 38.6 Å². The van der Waals surface area contributed by atoms with Crippen molar-refractivity contribution in [1.29, 1.82) is 0 Å². The first-order valence-electron chi connectivity index (χ1n) is 8.20. The SMILES string of the molecule is CCNC(=O)N(S)c1ccc2ncc(Nc3cc(Cl)cc(C(=O)O)c3Cl)nc2n1. The molecule has 9 nitrogen and oxygen atoms in total. The summed E-state index contributed by atoms with van der Waals surface area (Å²) < 4.78 is 1.05. The monoisotopic (exact) mass is 452 g/mol. The third-order valence-corrected chi connectivity index (χ3v) is 4.67. The molecule has 29 heavy (non-hydrogen) atoms. The summed E-state index contributed by atoms with van der Waals surface area (Å²) in [6, 6.07) is 5.51. The van der Waals surface area contributed by atoms with Gasteiger partial charge in [-0.05, 0) is 31.2 Å². The normalized spacial score (nSPS) is 10.6. The Hall–Kier alpha value is -2.82. The topological polar surface area (TPSA) is 120 Å². The highest BCUT2D eigenvalue weighted by Gasteiger charge is 2.16. The zero-order chi connectivity index (χ0) is 21.1. The van der Waals surface area contributed by atoms with Gasteiger partial charge in [0.2, 0.25) is 0 Å². The number of carboxylic acids is 1. The molecule has 0 fully saturated rings. The Kier molecular flexibility index (Phi) is 6.26. The van der Waals surface area contributed by atoms with E-state index in [4.69, 9.17) is 23.2 Å². The number of nitrogens with zero attached hydrogens (tertiary/aromatic N) is 4. The predicted octanol–water partition coefficient (Wildman–Crippen LogP) is 4.15. The smallest absolute Gasteiger partial charge is 0.337 e. The predicted molar refractivity (Wildman–Crippen MR) is 115 cm³/mol. The minimum Gasteiger partial charge on any atom is -0.478 e. The van der Waals surface area contributed by atoms with Gasteiger partial charge in [0.15, 0.2) is 11.5 Å². The molecule has 150 valence electrons. The second-order valence-corrected chi connectivity index (χ2v) is 6.87. The maximum atomic E-state index is 11.9. The van der Waals surface area contributed by atoms with Crippen LogP contribution >= 0.6 is 36.0 Å². The summed E-state index contributed by atoms with van der Waals surface area (Å²) in [4.78, 5) is 36.1. The van der Waals surface area contributed by atoms with Crippen molar-refractivity contribution in [2.24, 2.45) is 0 Å². The summed E-state index contributed by atoms with van der Waals surface area (Å²) in [5.74, 6) is -0.700. The molecule has 0 aliphatic carbocycles. The minimum atomic E-state index is -1.21. The van der Waals surface area contributed by atoms with E-state index < -0.39 is 12.0 Å². The van der Waals surface area contributed by atoms with E-state index in [9.17, 15) is 14.7 Å². The number of pyridine rings is 1. The van der Waals surface area contributed by atoms with Crippen LogP contribution in [0.2, 0.25) is 10.0 Å². The molecule has 3 rings (SSSR count). The Balaban J connectivity index is 1.95. The molecular formula is C17H14Cl2N6O3S. The van der Waals surface area contributed by atoms with Gasteiger partial charge in [-0.2, -0.15) is 0 Å². The van der Waals surface area contributed by atoms with Gasteiger partial charge in [0.05, 0.1) is 22.5 Å². The summed E-state index contributed by atoms with van der Waals surface area (Å²) in [5.41, 5.74) is 0.829. The lowest BCUT2D eigenvalue weighted by Gasteiger charge is -2.15. The number of carbonyl (C=O) groups is 2. The van der Waals surface area contributed by atoms with Crippen LogP contribution in [0.1, 0.15) is 17.3 Å². The molecule has 0 saturated carbocycles. The van der Waals surface area contributed by atoms with E-state index in [2.05, 4.69) is 38.4 Å². The molecular weight excluding hydrogens is 439 g/mol. The number of aromatic carboxylic acids is 1. The number of amides is 2. The molecule has 3 aromatic rings. The number of nitrogens with one attached hydrogen (secondary N) is 2. The first-order chi connectivity index (χ1) is 13.8. The van der Waals surface area contributed by atoms with Crippen LogP contribution < -0.4 is 14.9 Å². The summed E-state index contributed by atoms with van der Waals surface area (Å²) in [6.07, 6.45) is 1.43. The average molecular weight is 453 g/mol. The Morgan fingerprint density at radius 1 is 1.24 bits per heavy atom. The van der Waals surface area contributed by atoms with Crippen molar-refractivity contribution in [2.45, 2.75) is 6.92 Å². The van der Waals surface area contributed by atoms with Crippen LogP contribution in [0, 0.1) is 0 Å². The lowest BCUT2D eigenvalue weighted by atomic mass is 10.2. The van der Waals surface area contributed by atoms with Crippen molar-refractivity contribution < 1.29 is 14.7 Å². The van der Waals surface area contributed by atoms with Crippen molar-refractivity contribution >= 4 is 76.5 Å². The lowest BCUT2D eigenvalue weighted by molar-refractivity contribution is 0.0697. The van der Waals surface area contributed by atoms with Gasteiger partial charge in [-0.1, -0.05) is 36.0 Å². The van der Waals surface area contributed by atoms with Crippen molar-refractivity contribution in [3.8, 4) is 0 Å². The molecule has 0 unspecified atom stereocenters. The Bertz CT molecular complexity index is 1110. The van der Waals surface area contributed by atoms with Crippen molar-refractivity contribution in [3.05, 3.63) is 46.1 Å². The number of rotatable bonds is 5. The molecule has 0 saturated heterocycles. The number of benzene rings is 1. The third-order valence-electron chi connectivity index (χ3n) is 3.66. The summed E-state index contributed by atoms with van der Waals surface area (Å²) in [7, 11) is 0. The van der Waals surface area contributed by atoms with Crippen molar-refractivity contribution in [1.82, 2.24) is 20.3 Å². The van der Waals surface area contributed by atoms with E-state index in [1.54, 1.807) is 19.1 Å². The van der Waals surface area contributed by atoms with E-state index in [1.807, 2.05) is 0 Å². The number of carboxylic acid groups (broad SMARTS) is 1. The molecule has 0 spiro atoms. The van der Waals surface area contributed by atoms with Gasteiger partial charge in [-0.25, -0.2) is 28.8 Å². The fraction of sp³-hybridized carbons (Fsp3) is 0.118. The number of hydrogen-bond donors (Lipinski definition) is 4. The molecule has 0 atom stereocenters. The lowest BCUT2D eigenvalue weighted by Crippen LogP contribution is -2.34. The van der Waals surface area contributed by atoms with Gasteiger partial charge in [0, 0.05) is 11.6 Å². The Morgan fingerprint density at radius 3 is 2.69 bits per heavy atom. The summed E-state index contributed by atoms with van der Waals surface area (Å²) in [6.45, 7) is 2.23. The zero-order valence-electron chi connectivity index (χ0n) is 14.8. The van der Waals surface area contributed by atoms with E-state index in [-0.39, 0.29) is 38.6 Å². The highest BCUT2D eigenvalue weighted by atomic mass is 35.5. The molecule has 3 N–H and O–H groups in total. The van der Waals surface area contributed by atoms with Crippen molar-refractivity contribution in [3.63, 3.8) is 0 Å². The fourth-order valence-corrected chi connectivity index (χ4v) is 3.01. The fourth-order valence-electron chi connectivity index (χ4n) is 2.37. The Morgan fingerprint density at radius 2 is 2.00 bits per heavy atom. The van der Waals surface area contributed by atoms with E-state index in [0.29, 0.717) is 12.1 Å². The Labute approximate surface area is 180 Å². The first kappa shape index (κ1) is 20.9. The van der Waals surface area contributed by atoms with Crippen LogP contribution in [0.15, 0.2) is 30.5 Å². The number of aromatic nitrogens is 3. The molecule has 12 heteroatoms.